The summed E-state index contributed by atoms with van der Waals surface area (Å²) in [6.45, 7) is 0. The largest absolute Gasteiger partial charge is 0.480 e. The van der Waals surface area contributed by atoms with Gasteiger partial charge in [0.05, 0.1) is 0 Å². The van der Waals surface area contributed by atoms with Gasteiger partial charge in [-0.25, -0.2) is 4.79 Å². The Hall–Kier alpha value is -2.03. The van der Waals surface area contributed by atoms with Gasteiger partial charge in [-0.1, -0.05) is 0 Å². The molecule has 1 aromatic carbocycles. The number of nitrogens with two attached hydrogens (primary N) is 1. The molecule has 1 saturated heterocycles. The minimum atomic E-state index is -1.05. The van der Waals surface area contributed by atoms with Gasteiger partial charge in [0.15, 0.2) is 0 Å². The third-order valence-electron chi connectivity index (χ3n) is 3.72. The Morgan fingerprint density at radius 2 is 2.30 bits per heavy atom. The van der Waals surface area contributed by atoms with Crippen LogP contribution in [-0.4, -0.2) is 45.7 Å². The van der Waals surface area contributed by atoms with Crippen molar-refractivity contribution in [2.24, 2.45) is 5.73 Å². The molecule has 3 rings (SSSR count). The highest BCUT2D eigenvalue weighted by Gasteiger charge is 2.24. The molecule has 1 fully saturated rings. The number of hydrogen-bond acceptors (Lipinski definition) is 6. The molecule has 2 atom stereocenters. The molecular weight excluding hydrogens is 318 g/mol. The first kappa shape index (κ1) is 15.9. The Bertz CT molecular complexity index is 739. The molecule has 0 aliphatic carbocycles. The van der Waals surface area contributed by atoms with Gasteiger partial charge in [0.1, 0.15) is 17.8 Å². The van der Waals surface area contributed by atoms with Gasteiger partial charge >= 0.3 is 11.9 Å². The second kappa shape index (κ2) is 6.61. The van der Waals surface area contributed by atoms with E-state index in [2.05, 4.69) is 10.3 Å². The summed E-state index contributed by atoms with van der Waals surface area (Å²) >= 11 is 1.65. The second-order valence-corrected chi connectivity index (χ2v) is 6.39. The van der Waals surface area contributed by atoms with Crippen molar-refractivity contribution in [3.05, 3.63) is 30.0 Å². The van der Waals surface area contributed by atoms with Crippen molar-refractivity contribution in [1.29, 1.82) is 0 Å². The maximum absolute atomic E-state index is 12.0. The van der Waals surface area contributed by atoms with Crippen molar-refractivity contribution in [3.8, 4) is 5.75 Å². The number of H-pyrrole nitrogens is 1. The number of nitrogens with one attached hydrogen (secondary N) is 2. The van der Waals surface area contributed by atoms with Crippen LogP contribution in [0, 0.1) is 0 Å². The van der Waals surface area contributed by atoms with Crippen molar-refractivity contribution in [2.45, 2.75) is 18.5 Å². The molecule has 2 heterocycles. The van der Waals surface area contributed by atoms with E-state index in [1.165, 1.54) is 0 Å². The molecule has 5 N–H and O–H groups in total. The number of carboxylic acid groups (broad SMARTS) is 1. The SMILES string of the molecule is N[C@@H](Cc1c[nH]c2ccc(OC(=O)C3CSCN3)cc12)C(=O)O. The fraction of sp³-hybridized carbons (Fsp3) is 0.333. The number of carboxylic acids is 1. The van der Waals surface area contributed by atoms with Gasteiger partial charge in [0, 0.05) is 35.2 Å². The van der Waals surface area contributed by atoms with E-state index in [0.29, 0.717) is 11.5 Å². The van der Waals surface area contributed by atoms with Crippen LogP contribution in [0.4, 0.5) is 0 Å². The van der Waals surface area contributed by atoms with Crippen molar-refractivity contribution in [2.75, 3.05) is 11.6 Å². The molecule has 1 aliphatic rings. The molecule has 0 bridgehead atoms. The second-order valence-electron chi connectivity index (χ2n) is 5.36. The standard InChI is InChI=1S/C15H17N3O4S/c16-11(14(19)20)3-8-5-17-12-2-1-9(4-10(8)12)22-15(21)13-6-23-7-18-13/h1-2,4-5,11,13,17-18H,3,6-7,16H2,(H,19,20)/t11-,13?/m0/s1. The number of ether oxygens (including phenoxy) is 1. The Morgan fingerprint density at radius 3 is 3.00 bits per heavy atom. The van der Waals surface area contributed by atoms with Gasteiger partial charge in [-0.2, -0.15) is 0 Å². The van der Waals surface area contributed by atoms with E-state index in [1.807, 2.05) is 0 Å². The number of rotatable bonds is 5. The first-order chi connectivity index (χ1) is 11.0. The highest BCUT2D eigenvalue weighted by Crippen LogP contribution is 2.25. The molecule has 0 radical (unpaired) electrons. The quantitative estimate of drug-likeness (QED) is 0.469. The lowest BCUT2D eigenvalue weighted by Crippen LogP contribution is -2.36. The molecule has 0 spiro atoms. The monoisotopic (exact) mass is 335 g/mol. The first-order valence-corrected chi connectivity index (χ1v) is 8.31. The number of thioether (sulfide) groups is 1. The van der Waals surface area contributed by atoms with E-state index >= 15 is 0 Å². The Labute approximate surface area is 136 Å². The Balaban J connectivity index is 1.79. The summed E-state index contributed by atoms with van der Waals surface area (Å²) in [7, 11) is 0. The molecule has 1 unspecified atom stereocenters. The molecular formula is C15H17N3O4S. The van der Waals surface area contributed by atoms with Crippen molar-refractivity contribution < 1.29 is 19.4 Å². The van der Waals surface area contributed by atoms with E-state index in [-0.39, 0.29) is 18.4 Å². The van der Waals surface area contributed by atoms with Crippen LogP contribution in [0.15, 0.2) is 24.4 Å². The van der Waals surface area contributed by atoms with Crippen molar-refractivity contribution in [3.63, 3.8) is 0 Å². The number of fused-ring (bicyclic) bond motifs is 1. The summed E-state index contributed by atoms with van der Waals surface area (Å²) in [4.78, 5) is 26.0. The van der Waals surface area contributed by atoms with Gasteiger partial charge in [-0.05, 0) is 23.8 Å². The molecule has 23 heavy (non-hydrogen) atoms. The topological polar surface area (TPSA) is 117 Å². The van der Waals surface area contributed by atoms with Crippen molar-refractivity contribution in [1.82, 2.24) is 10.3 Å². The lowest BCUT2D eigenvalue weighted by molar-refractivity contribution is -0.138. The number of aromatic nitrogens is 1. The van der Waals surface area contributed by atoms with Crippen molar-refractivity contribution >= 4 is 34.6 Å². The van der Waals surface area contributed by atoms with Crippen LogP contribution in [0.3, 0.4) is 0 Å². The number of benzene rings is 1. The minimum Gasteiger partial charge on any atom is -0.480 e. The van der Waals surface area contributed by atoms with E-state index in [0.717, 1.165) is 22.3 Å². The van der Waals surface area contributed by atoms with Gasteiger partial charge in [0.25, 0.3) is 0 Å². The predicted octanol–water partition coefficient (Wildman–Crippen LogP) is 0.690. The van der Waals surface area contributed by atoms with Crippen LogP contribution < -0.4 is 15.8 Å². The van der Waals surface area contributed by atoms with E-state index in [4.69, 9.17) is 15.6 Å². The third-order valence-corrected chi connectivity index (χ3v) is 4.66. The normalized spacial score (nSPS) is 18.9. The number of carbonyl (C=O) groups is 2. The Kier molecular flexibility index (Phi) is 4.56. The molecule has 122 valence electrons. The predicted molar refractivity (Wildman–Crippen MR) is 87.5 cm³/mol. The van der Waals surface area contributed by atoms with E-state index < -0.39 is 12.0 Å². The summed E-state index contributed by atoms with van der Waals surface area (Å²) < 4.78 is 5.41. The zero-order valence-corrected chi connectivity index (χ0v) is 13.1. The number of aromatic amines is 1. The molecule has 7 nitrogen and oxygen atoms in total. The zero-order valence-electron chi connectivity index (χ0n) is 12.2. The highest BCUT2D eigenvalue weighted by atomic mass is 32.2. The number of hydrogen-bond donors (Lipinski definition) is 4. The summed E-state index contributed by atoms with van der Waals surface area (Å²) in [5, 5.41) is 12.8. The molecule has 1 aromatic heterocycles. The van der Waals surface area contributed by atoms with Gasteiger partial charge in [-0.3, -0.25) is 10.1 Å². The van der Waals surface area contributed by atoms with Gasteiger partial charge < -0.3 is 20.6 Å². The average Bonchev–Trinajstić information content (AvgIpc) is 3.17. The first-order valence-electron chi connectivity index (χ1n) is 7.16. The molecule has 2 aromatic rings. The van der Waals surface area contributed by atoms with Crippen LogP contribution >= 0.6 is 11.8 Å². The Morgan fingerprint density at radius 1 is 1.48 bits per heavy atom. The lowest BCUT2D eigenvalue weighted by atomic mass is 10.1. The maximum Gasteiger partial charge on any atom is 0.329 e. The fourth-order valence-corrected chi connectivity index (χ4v) is 3.37. The fourth-order valence-electron chi connectivity index (χ4n) is 2.45. The number of esters is 1. The van der Waals surface area contributed by atoms with E-state index in [1.54, 1.807) is 36.2 Å². The zero-order chi connectivity index (χ0) is 16.4. The highest BCUT2D eigenvalue weighted by molar-refractivity contribution is 7.99. The smallest absolute Gasteiger partial charge is 0.329 e. The molecule has 0 saturated carbocycles. The maximum atomic E-state index is 12.0. The average molecular weight is 335 g/mol. The summed E-state index contributed by atoms with van der Waals surface area (Å²) in [6, 6.07) is 3.97. The lowest BCUT2D eigenvalue weighted by Gasteiger charge is -2.10. The molecule has 1 aliphatic heterocycles. The minimum absolute atomic E-state index is 0.202. The van der Waals surface area contributed by atoms with Gasteiger partial charge in [0.2, 0.25) is 0 Å². The summed E-state index contributed by atoms with van der Waals surface area (Å²) in [6.07, 6.45) is 1.93. The number of carbonyl (C=O) groups excluding carboxylic acids is 1. The molecule has 0 amide bonds. The molecule has 8 heteroatoms. The van der Waals surface area contributed by atoms with Crippen LogP contribution in [0.25, 0.3) is 10.9 Å². The van der Waals surface area contributed by atoms with Crippen LogP contribution in [-0.2, 0) is 16.0 Å². The number of aliphatic carboxylic acids is 1. The van der Waals surface area contributed by atoms with Crippen LogP contribution in [0.1, 0.15) is 5.56 Å². The van der Waals surface area contributed by atoms with Gasteiger partial charge in [-0.15, -0.1) is 11.8 Å². The van der Waals surface area contributed by atoms with Crippen LogP contribution in [0.5, 0.6) is 5.75 Å². The third kappa shape index (κ3) is 3.49. The summed E-state index contributed by atoms with van der Waals surface area (Å²) in [5.41, 5.74) is 7.21. The van der Waals surface area contributed by atoms with Crippen LogP contribution in [0.2, 0.25) is 0 Å². The van der Waals surface area contributed by atoms with E-state index in [9.17, 15) is 9.59 Å². The summed E-state index contributed by atoms with van der Waals surface area (Å²) in [5.74, 6) is 0.518.